The van der Waals surface area contributed by atoms with Crippen molar-refractivity contribution in [2.24, 2.45) is 10.4 Å². The molecule has 0 N–H and O–H groups in total. The number of aliphatic imine (C=N–C) groups is 1. The molecule has 0 bridgehead atoms. The zero-order valence-electron chi connectivity index (χ0n) is 13.6. The van der Waals surface area contributed by atoms with Crippen LogP contribution in [0.4, 0.5) is 5.69 Å². The highest BCUT2D eigenvalue weighted by atomic mass is 16.5. The van der Waals surface area contributed by atoms with Gasteiger partial charge in [-0.15, -0.1) is 6.58 Å². The molecule has 0 amide bonds. The monoisotopic (exact) mass is 286 g/mol. The highest BCUT2D eigenvalue weighted by molar-refractivity contribution is 5.64. The Morgan fingerprint density at radius 3 is 2.67 bits per heavy atom. The van der Waals surface area contributed by atoms with Crippen LogP contribution in [0.5, 0.6) is 5.75 Å². The molecule has 0 atom stereocenters. The van der Waals surface area contributed by atoms with Crippen LogP contribution in [0.2, 0.25) is 0 Å². The summed E-state index contributed by atoms with van der Waals surface area (Å²) >= 11 is 0. The van der Waals surface area contributed by atoms with E-state index in [2.05, 4.69) is 44.5 Å². The van der Waals surface area contributed by atoms with Gasteiger partial charge in [-0.1, -0.05) is 13.0 Å². The third-order valence-electron chi connectivity index (χ3n) is 3.98. The first-order chi connectivity index (χ1) is 9.93. The highest BCUT2D eigenvalue weighted by Gasteiger charge is 2.38. The fraction of sp³-hybridized carbons (Fsp3) is 0.500. The standard InChI is InChI=1S/C18H26N2O/c1-6-9-20(5)13-19-16-10-15(3)17(11-14(16)2)21-12-18(4)7-8-18/h6,10-11,13H,1,7-9,12H2,2-5H3. The van der Waals surface area contributed by atoms with Gasteiger partial charge >= 0.3 is 0 Å². The van der Waals surface area contributed by atoms with Gasteiger partial charge in [0.05, 0.1) is 18.6 Å². The summed E-state index contributed by atoms with van der Waals surface area (Å²) in [4.78, 5) is 6.55. The number of nitrogens with zero attached hydrogens (tertiary/aromatic N) is 2. The molecule has 114 valence electrons. The lowest BCUT2D eigenvalue weighted by atomic mass is 10.1. The van der Waals surface area contributed by atoms with E-state index in [0.29, 0.717) is 5.41 Å². The zero-order valence-corrected chi connectivity index (χ0v) is 13.6. The Kier molecular flexibility index (Phi) is 4.71. The van der Waals surface area contributed by atoms with Gasteiger partial charge in [0.2, 0.25) is 0 Å². The molecule has 0 heterocycles. The molecule has 21 heavy (non-hydrogen) atoms. The molecule has 1 aromatic rings. The number of hydrogen-bond donors (Lipinski definition) is 0. The predicted octanol–water partition coefficient (Wildman–Crippen LogP) is 4.26. The molecule has 1 aliphatic rings. The molecule has 0 aliphatic heterocycles. The van der Waals surface area contributed by atoms with Crippen LogP contribution in [-0.2, 0) is 0 Å². The van der Waals surface area contributed by atoms with Crippen LogP contribution in [0.3, 0.4) is 0 Å². The maximum Gasteiger partial charge on any atom is 0.122 e. The summed E-state index contributed by atoms with van der Waals surface area (Å²) in [7, 11) is 1.99. The molecule has 1 fully saturated rings. The normalized spacial score (nSPS) is 16.0. The topological polar surface area (TPSA) is 24.8 Å². The zero-order chi connectivity index (χ0) is 15.5. The summed E-state index contributed by atoms with van der Waals surface area (Å²) in [5.74, 6) is 0.985. The fourth-order valence-corrected chi connectivity index (χ4v) is 2.09. The summed E-state index contributed by atoms with van der Waals surface area (Å²) in [5, 5.41) is 0. The third-order valence-corrected chi connectivity index (χ3v) is 3.98. The second kappa shape index (κ2) is 6.33. The second-order valence-electron chi connectivity index (χ2n) is 6.48. The van der Waals surface area contributed by atoms with Crippen LogP contribution in [0.15, 0.2) is 29.8 Å². The molecule has 3 heteroatoms. The molecule has 0 spiro atoms. The molecule has 2 rings (SSSR count). The smallest absolute Gasteiger partial charge is 0.122 e. The van der Waals surface area contributed by atoms with E-state index in [1.54, 1.807) is 0 Å². The summed E-state index contributed by atoms with van der Waals surface area (Å²) < 4.78 is 5.99. The first-order valence-corrected chi connectivity index (χ1v) is 7.53. The van der Waals surface area contributed by atoms with Crippen molar-refractivity contribution >= 4 is 12.0 Å². The first-order valence-electron chi connectivity index (χ1n) is 7.53. The number of likely N-dealkylation sites (N-methyl/N-ethyl adjacent to an activating group) is 1. The lowest BCUT2D eigenvalue weighted by Gasteiger charge is -2.15. The van der Waals surface area contributed by atoms with Crippen molar-refractivity contribution in [3.63, 3.8) is 0 Å². The van der Waals surface area contributed by atoms with Crippen molar-refractivity contribution in [3.8, 4) is 5.75 Å². The Morgan fingerprint density at radius 1 is 1.33 bits per heavy atom. The van der Waals surface area contributed by atoms with Crippen LogP contribution in [0.25, 0.3) is 0 Å². The van der Waals surface area contributed by atoms with Gasteiger partial charge in [-0.2, -0.15) is 0 Å². The number of aryl methyl sites for hydroxylation is 2. The van der Waals surface area contributed by atoms with Gasteiger partial charge < -0.3 is 9.64 Å². The van der Waals surface area contributed by atoms with Gasteiger partial charge in [0.1, 0.15) is 5.75 Å². The van der Waals surface area contributed by atoms with Gasteiger partial charge in [-0.3, -0.25) is 0 Å². The minimum absolute atomic E-state index is 0.407. The maximum absolute atomic E-state index is 5.99. The minimum Gasteiger partial charge on any atom is -0.493 e. The summed E-state index contributed by atoms with van der Waals surface area (Å²) in [5.41, 5.74) is 3.68. The largest absolute Gasteiger partial charge is 0.493 e. The van der Waals surface area contributed by atoms with Crippen molar-refractivity contribution in [2.45, 2.75) is 33.6 Å². The predicted molar refractivity (Wildman–Crippen MR) is 89.7 cm³/mol. The lowest BCUT2D eigenvalue weighted by Crippen LogP contribution is -2.15. The average Bonchev–Trinajstić information content (AvgIpc) is 3.16. The summed E-state index contributed by atoms with van der Waals surface area (Å²) in [6, 6.07) is 4.19. The molecule has 1 aromatic carbocycles. The molecule has 1 saturated carbocycles. The Balaban J connectivity index is 2.07. The van der Waals surface area contributed by atoms with Crippen molar-refractivity contribution in [1.29, 1.82) is 0 Å². The van der Waals surface area contributed by atoms with E-state index in [1.807, 2.05) is 24.4 Å². The van der Waals surface area contributed by atoms with E-state index in [9.17, 15) is 0 Å². The third kappa shape index (κ3) is 4.35. The number of benzene rings is 1. The molecule has 1 aliphatic carbocycles. The van der Waals surface area contributed by atoms with E-state index >= 15 is 0 Å². The molecule has 0 aromatic heterocycles. The van der Waals surface area contributed by atoms with Crippen LogP contribution >= 0.6 is 0 Å². The molecular weight excluding hydrogens is 260 g/mol. The average molecular weight is 286 g/mol. The highest BCUT2D eigenvalue weighted by Crippen LogP contribution is 2.45. The van der Waals surface area contributed by atoms with Crippen molar-refractivity contribution in [3.05, 3.63) is 35.9 Å². The van der Waals surface area contributed by atoms with Gasteiger partial charge in [-0.25, -0.2) is 4.99 Å². The second-order valence-corrected chi connectivity index (χ2v) is 6.48. The van der Waals surface area contributed by atoms with Gasteiger partial charge in [-0.05, 0) is 49.9 Å². The molecular formula is C18H26N2O. The van der Waals surface area contributed by atoms with Crippen LogP contribution in [-0.4, -0.2) is 31.4 Å². The van der Waals surface area contributed by atoms with Crippen LogP contribution in [0, 0.1) is 19.3 Å². The first kappa shape index (κ1) is 15.6. The Morgan fingerprint density at radius 2 is 2.05 bits per heavy atom. The van der Waals surface area contributed by atoms with E-state index in [0.717, 1.165) is 35.7 Å². The molecule has 0 saturated heterocycles. The van der Waals surface area contributed by atoms with E-state index < -0.39 is 0 Å². The fourth-order valence-electron chi connectivity index (χ4n) is 2.09. The Labute approximate surface area is 128 Å². The Bertz CT molecular complexity index is 544. The van der Waals surface area contributed by atoms with Crippen molar-refractivity contribution in [1.82, 2.24) is 4.90 Å². The molecule has 0 unspecified atom stereocenters. The molecule has 3 nitrogen and oxygen atoms in total. The van der Waals surface area contributed by atoms with Gasteiger partial charge in [0.25, 0.3) is 0 Å². The summed E-state index contributed by atoms with van der Waals surface area (Å²) in [6.45, 7) is 11.8. The molecule has 0 radical (unpaired) electrons. The number of ether oxygens (including phenoxy) is 1. The summed E-state index contributed by atoms with van der Waals surface area (Å²) in [6.07, 6.45) is 6.26. The van der Waals surface area contributed by atoms with Gasteiger partial charge in [0.15, 0.2) is 0 Å². The quantitative estimate of drug-likeness (QED) is 0.425. The van der Waals surface area contributed by atoms with E-state index in [1.165, 1.54) is 12.8 Å². The number of hydrogen-bond acceptors (Lipinski definition) is 2. The Hall–Kier alpha value is -1.77. The number of rotatable bonds is 7. The van der Waals surface area contributed by atoms with Crippen LogP contribution in [0.1, 0.15) is 30.9 Å². The lowest BCUT2D eigenvalue weighted by molar-refractivity contribution is 0.246. The van der Waals surface area contributed by atoms with E-state index in [-0.39, 0.29) is 0 Å². The van der Waals surface area contributed by atoms with Crippen molar-refractivity contribution < 1.29 is 4.74 Å². The maximum atomic E-state index is 5.99. The van der Waals surface area contributed by atoms with Crippen LogP contribution < -0.4 is 4.74 Å². The van der Waals surface area contributed by atoms with E-state index in [4.69, 9.17) is 4.74 Å². The minimum atomic E-state index is 0.407. The van der Waals surface area contributed by atoms with Crippen molar-refractivity contribution in [2.75, 3.05) is 20.2 Å². The van der Waals surface area contributed by atoms with Gasteiger partial charge in [0, 0.05) is 19.0 Å². The SMILES string of the molecule is C=CCN(C)C=Nc1cc(C)c(OCC2(C)CC2)cc1C.